The molecule has 104 valence electrons. The molecule has 4 aliphatic rings. The van der Waals surface area contributed by atoms with Crippen molar-refractivity contribution in [2.24, 2.45) is 23.2 Å². The highest BCUT2D eigenvalue weighted by Crippen LogP contribution is 2.60. The Hall–Kier alpha value is -0.0400. The third-order valence-corrected chi connectivity index (χ3v) is 7.05. The topological polar surface area (TPSA) is 12.0 Å². The predicted molar refractivity (Wildman–Crippen MR) is 77.6 cm³/mol. The average Bonchev–Trinajstić information content (AvgIpc) is 2.40. The normalized spacial score (nSPS) is 44.5. The quantitative estimate of drug-likeness (QED) is 0.766. The van der Waals surface area contributed by atoms with Gasteiger partial charge in [0.05, 0.1) is 0 Å². The number of fused-ring (bicyclic) bond motifs is 2. The van der Waals surface area contributed by atoms with Crippen LogP contribution in [0.3, 0.4) is 0 Å². The van der Waals surface area contributed by atoms with Gasteiger partial charge in [-0.3, -0.25) is 0 Å². The van der Waals surface area contributed by atoms with E-state index < -0.39 is 0 Å². The van der Waals surface area contributed by atoms with Gasteiger partial charge in [-0.1, -0.05) is 12.8 Å². The molecule has 4 rings (SSSR count). The first kappa shape index (κ1) is 13.0. The molecular weight excluding hydrogens is 218 g/mol. The fourth-order valence-corrected chi connectivity index (χ4v) is 5.45. The number of hydrogen-bond donors (Lipinski definition) is 1. The summed E-state index contributed by atoms with van der Waals surface area (Å²) in [5.74, 6) is 3.10. The van der Waals surface area contributed by atoms with E-state index in [0.29, 0.717) is 5.54 Å². The van der Waals surface area contributed by atoms with Crippen LogP contribution in [0.5, 0.6) is 0 Å². The van der Waals surface area contributed by atoms with Crippen LogP contribution >= 0.6 is 0 Å². The summed E-state index contributed by atoms with van der Waals surface area (Å²) in [6.45, 7) is 4.78. The molecule has 0 saturated heterocycles. The van der Waals surface area contributed by atoms with Crippen molar-refractivity contribution in [1.29, 1.82) is 0 Å². The Morgan fingerprint density at radius 3 is 2.00 bits per heavy atom. The molecule has 4 saturated carbocycles. The van der Waals surface area contributed by atoms with Crippen molar-refractivity contribution < 1.29 is 0 Å². The lowest BCUT2D eigenvalue weighted by Gasteiger charge is -2.56. The van der Waals surface area contributed by atoms with E-state index in [1.165, 1.54) is 25.7 Å². The molecular formula is C17H31N. The second kappa shape index (κ2) is 4.51. The van der Waals surface area contributed by atoms with E-state index in [0.717, 1.165) is 23.2 Å². The van der Waals surface area contributed by atoms with Crippen LogP contribution in [0.25, 0.3) is 0 Å². The summed E-state index contributed by atoms with van der Waals surface area (Å²) in [7, 11) is 2.13. The highest BCUT2D eigenvalue weighted by molar-refractivity contribution is 5.01. The predicted octanol–water partition coefficient (Wildman–Crippen LogP) is 4.37. The Bertz CT molecular complexity index is 291. The van der Waals surface area contributed by atoms with Crippen LogP contribution in [0.2, 0.25) is 0 Å². The van der Waals surface area contributed by atoms with Gasteiger partial charge in [0, 0.05) is 5.54 Å². The van der Waals surface area contributed by atoms with Crippen molar-refractivity contribution >= 4 is 0 Å². The number of hydrogen-bond acceptors (Lipinski definition) is 1. The van der Waals surface area contributed by atoms with Gasteiger partial charge in [0.15, 0.2) is 0 Å². The van der Waals surface area contributed by atoms with Crippen molar-refractivity contribution in [3.05, 3.63) is 0 Å². The molecule has 1 N–H and O–H groups in total. The summed E-state index contributed by atoms with van der Waals surface area (Å²) in [6.07, 6.45) is 13.8. The Balaban J connectivity index is 1.66. The lowest BCUT2D eigenvalue weighted by atomic mass is 9.50. The molecule has 1 spiro atoms. The second-order valence-electron chi connectivity index (χ2n) is 8.03. The maximum atomic E-state index is 3.54. The van der Waals surface area contributed by atoms with Crippen LogP contribution in [0, 0.1) is 23.2 Å². The fraction of sp³-hybridized carbons (Fsp3) is 1.00. The van der Waals surface area contributed by atoms with E-state index in [-0.39, 0.29) is 0 Å². The van der Waals surface area contributed by atoms with Gasteiger partial charge in [0.25, 0.3) is 0 Å². The van der Waals surface area contributed by atoms with E-state index in [1.807, 2.05) is 0 Å². The van der Waals surface area contributed by atoms with Crippen molar-refractivity contribution in [2.45, 2.75) is 77.2 Å². The summed E-state index contributed by atoms with van der Waals surface area (Å²) in [4.78, 5) is 0. The van der Waals surface area contributed by atoms with Crippen molar-refractivity contribution in [3.8, 4) is 0 Å². The minimum absolute atomic E-state index is 0.343. The minimum Gasteiger partial charge on any atom is -0.315 e. The first-order valence-electron chi connectivity index (χ1n) is 8.25. The smallest absolute Gasteiger partial charge is 0.0150 e. The van der Waals surface area contributed by atoms with E-state index in [4.69, 9.17) is 0 Å². The molecule has 2 bridgehead atoms. The maximum Gasteiger partial charge on any atom is 0.0150 e. The molecule has 0 aliphatic heterocycles. The fourth-order valence-electron chi connectivity index (χ4n) is 5.45. The van der Waals surface area contributed by atoms with Gasteiger partial charge in [-0.2, -0.15) is 0 Å². The molecule has 0 radical (unpaired) electrons. The van der Waals surface area contributed by atoms with Gasteiger partial charge in [-0.25, -0.2) is 0 Å². The van der Waals surface area contributed by atoms with Crippen LogP contribution in [0.1, 0.15) is 71.6 Å². The molecule has 4 fully saturated rings. The Labute approximate surface area is 113 Å². The molecule has 0 unspecified atom stereocenters. The first-order chi connectivity index (χ1) is 8.56. The molecule has 4 aliphatic carbocycles. The standard InChI is InChI=1S/C17H31N/c1-16(2,18-3)14-8-10-17(11-9-14)12-13-4-6-15(17)7-5-13/h13-15,18H,4-12H2,1-3H3. The Kier molecular flexibility index (Phi) is 3.25. The zero-order chi connectivity index (χ0) is 12.8. The first-order valence-corrected chi connectivity index (χ1v) is 8.25. The van der Waals surface area contributed by atoms with Gasteiger partial charge in [-0.05, 0) is 89.0 Å². The van der Waals surface area contributed by atoms with Crippen molar-refractivity contribution in [2.75, 3.05) is 7.05 Å². The Morgan fingerprint density at radius 2 is 1.56 bits per heavy atom. The van der Waals surface area contributed by atoms with Gasteiger partial charge < -0.3 is 5.32 Å². The van der Waals surface area contributed by atoms with E-state index in [1.54, 1.807) is 32.1 Å². The van der Waals surface area contributed by atoms with Crippen LogP contribution in [0.15, 0.2) is 0 Å². The highest BCUT2D eigenvalue weighted by atomic mass is 14.9. The molecule has 0 amide bonds. The lowest BCUT2D eigenvalue weighted by Crippen LogP contribution is -2.50. The molecule has 1 heteroatoms. The summed E-state index contributed by atoms with van der Waals surface area (Å²) >= 11 is 0. The third kappa shape index (κ3) is 2.03. The molecule has 0 aromatic carbocycles. The average molecular weight is 249 g/mol. The second-order valence-corrected chi connectivity index (χ2v) is 8.03. The lowest BCUT2D eigenvalue weighted by molar-refractivity contribution is -0.0454. The van der Waals surface area contributed by atoms with E-state index in [9.17, 15) is 0 Å². The zero-order valence-electron chi connectivity index (χ0n) is 12.6. The van der Waals surface area contributed by atoms with E-state index >= 15 is 0 Å². The minimum atomic E-state index is 0.343. The SMILES string of the molecule is CNC(C)(C)C1CCC2(CC1)CC1CCC2CC1. The van der Waals surface area contributed by atoms with Crippen LogP contribution in [-0.2, 0) is 0 Å². The summed E-state index contributed by atoms with van der Waals surface area (Å²) < 4.78 is 0. The van der Waals surface area contributed by atoms with Gasteiger partial charge in [-0.15, -0.1) is 0 Å². The zero-order valence-corrected chi connectivity index (χ0v) is 12.6. The maximum absolute atomic E-state index is 3.54. The number of rotatable bonds is 2. The number of nitrogens with one attached hydrogen (secondary N) is 1. The summed E-state index contributed by atoms with van der Waals surface area (Å²) in [5.41, 5.74) is 1.14. The molecule has 0 aromatic rings. The van der Waals surface area contributed by atoms with Crippen LogP contribution < -0.4 is 5.32 Å². The van der Waals surface area contributed by atoms with Crippen molar-refractivity contribution in [1.82, 2.24) is 5.32 Å². The Morgan fingerprint density at radius 1 is 0.944 bits per heavy atom. The molecule has 18 heavy (non-hydrogen) atoms. The molecule has 0 aromatic heterocycles. The van der Waals surface area contributed by atoms with Gasteiger partial charge in [0.1, 0.15) is 0 Å². The van der Waals surface area contributed by atoms with Gasteiger partial charge in [0.2, 0.25) is 0 Å². The molecule has 0 heterocycles. The third-order valence-electron chi connectivity index (χ3n) is 7.05. The summed E-state index contributed by atoms with van der Waals surface area (Å²) in [6, 6.07) is 0. The van der Waals surface area contributed by atoms with Crippen LogP contribution in [-0.4, -0.2) is 12.6 Å². The molecule has 0 atom stereocenters. The monoisotopic (exact) mass is 249 g/mol. The van der Waals surface area contributed by atoms with Gasteiger partial charge >= 0.3 is 0 Å². The summed E-state index contributed by atoms with van der Waals surface area (Å²) in [5, 5.41) is 3.54. The van der Waals surface area contributed by atoms with E-state index in [2.05, 4.69) is 26.2 Å². The van der Waals surface area contributed by atoms with Crippen LogP contribution in [0.4, 0.5) is 0 Å². The highest BCUT2D eigenvalue weighted by Gasteiger charge is 2.49. The van der Waals surface area contributed by atoms with Crippen molar-refractivity contribution in [3.63, 3.8) is 0 Å². The largest absolute Gasteiger partial charge is 0.315 e. The molecule has 1 nitrogen and oxygen atoms in total.